The topological polar surface area (TPSA) is 68.3 Å². The maximum absolute atomic E-state index is 12.3. The van der Waals surface area contributed by atoms with Crippen LogP contribution in [0.15, 0.2) is 21.6 Å². The number of nitrogens with one attached hydrogen (secondary N) is 1. The van der Waals surface area contributed by atoms with Crippen molar-refractivity contribution in [1.29, 1.82) is 0 Å². The van der Waals surface area contributed by atoms with Crippen LogP contribution in [0.3, 0.4) is 0 Å². The number of fused-ring (bicyclic) bond motifs is 2. The van der Waals surface area contributed by atoms with Crippen LogP contribution in [0.5, 0.6) is 0 Å². The molecule has 110 valence electrons. The van der Waals surface area contributed by atoms with E-state index >= 15 is 0 Å². The molecule has 0 aliphatic heterocycles. The summed E-state index contributed by atoms with van der Waals surface area (Å²) in [5.74, 6) is 1.41. The molecule has 1 aromatic rings. The Kier molecular flexibility index (Phi) is 4.08. The highest BCUT2D eigenvalue weighted by Crippen LogP contribution is 2.39. The lowest BCUT2D eigenvalue weighted by Crippen LogP contribution is -2.53. The minimum atomic E-state index is -0.0809. The van der Waals surface area contributed by atoms with Gasteiger partial charge in [-0.05, 0) is 55.9 Å². The molecule has 1 aromatic heterocycles. The van der Waals surface area contributed by atoms with Crippen molar-refractivity contribution < 1.29 is 9.21 Å². The van der Waals surface area contributed by atoms with E-state index in [1.165, 1.54) is 31.0 Å². The van der Waals surface area contributed by atoms with Gasteiger partial charge in [-0.1, -0.05) is 18.2 Å². The van der Waals surface area contributed by atoms with Crippen molar-refractivity contribution in [3.05, 3.63) is 17.9 Å². The van der Waals surface area contributed by atoms with E-state index < -0.39 is 0 Å². The fraction of sp³-hybridized carbons (Fsp3) is 0.667. The Morgan fingerprint density at radius 2 is 2.05 bits per heavy atom. The van der Waals surface area contributed by atoms with Crippen molar-refractivity contribution in [1.82, 2.24) is 5.32 Å². The predicted molar refractivity (Wildman–Crippen MR) is 79.8 cm³/mol. The Labute approximate surface area is 123 Å². The summed E-state index contributed by atoms with van der Waals surface area (Å²) in [4.78, 5) is 12.3. The standard InChI is InChI=1S/C15H22N2O2S/c1-20-13-6-5-12(19-13)15(18)17-14-9-3-2-4-10(14)8-11(16)7-9/h5-6,9-11,14H,2-4,7-8,16H2,1H3,(H,17,18). The van der Waals surface area contributed by atoms with Gasteiger partial charge in [0.2, 0.25) is 0 Å². The third-order valence-electron chi connectivity index (χ3n) is 4.68. The average Bonchev–Trinajstić information content (AvgIpc) is 2.88. The normalized spacial score (nSPS) is 32.9. The molecule has 2 fully saturated rings. The Balaban J connectivity index is 1.69. The Morgan fingerprint density at radius 3 is 2.65 bits per heavy atom. The smallest absolute Gasteiger partial charge is 0.287 e. The molecule has 3 rings (SSSR count). The van der Waals surface area contributed by atoms with Gasteiger partial charge in [0.1, 0.15) is 0 Å². The molecular weight excluding hydrogens is 272 g/mol. The number of nitrogens with two attached hydrogens (primary N) is 1. The van der Waals surface area contributed by atoms with Crippen molar-refractivity contribution in [2.24, 2.45) is 17.6 Å². The first-order valence-corrected chi connectivity index (χ1v) is 8.60. The molecule has 1 amide bonds. The van der Waals surface area contributed by atoms with Crippen LogP contribution in [-0.2, 0) is 0 Å². The molecule has 0 saturated heterocycles. The van der Waals surface area contributed by atoms with E-state index in [9.17, 15) is 4.79 Å². The molecule has 0 spiro atoms. The second-order valence-electron chi connectivity index (χ2n) is 6.00. The van der Waals surface area contributed by atoms with Gasteiger partial charge in [-0.15, -0.1) is 0 Å². The zero-order valence-corrected chi connectivity index (χ0v) is 12.6. The SMILES string of the molecule is CSc1ccc(C(=O)NC2C3CCCC2CC(N)C3)o1. The summed E-state index contributed by atoms with van der Waals surface area (Å²) in [5.41, 5.74) is 6.12. The lowest BCUT2D eigenvalue weighted by molar-refractivity contribution is 0.0728. The molecule has 1 heterocycles. The number of furan rings is 1. The van der Waals surface area contributed by atoms with Gasteiger partial charge in [-0.3, -0.25) is 4.79 Å². The Bertz CT molecular complexity index is 474. The van der Waals surface area contributed by atoms with Gasteiger partial charge in [0.25, 0.3) is 5.91 Å². The average molecular weight is 294 g/mol. The van der Waals surface area contributed by atoms with Gasteiger partial charge in [0.15, 0.2) is 10.9 Å². The molecular formula is C15H22N2O2S. The molecule has 2 bridgehead atoms. The largest absolute Gasteiger partial charge is 0.445 e. The van der Waals surface area contributed by atoms with E-state index in [0.29, 0.717) is 23.6 Å². The maximum Gasteiger partial charge on any atom is 0.287 e. The third kappa shape index (κ3) is 2.74. The minimum Gasteiger partial charge on any atom is -0.445 e. The van der Waals surface area contributed by atoms with Crippen molar-refractivity contribution in [3.8, 4) is 0 Å². The number of rotatable bonds is 3. The van der Waals surface area contributed by atoms with Crippen molar-refractivity contribution in [2.75, 3.05) is 6.26 Å². The minimum absolute atomic E-state index is 0.0809. The molecule has 2 aliphatic carbocycles. The summed E-state index contributed by atoms with van der Waals surface area (Å²) >= 11 is 1.51. The monoisotopic (exact) mass is 294 g/mol. The number of hydrogen-bond acceptors (Lipinski definition) is 4. The number of amides is 1. The van der Waals surface area contributed by atoms with Crippen LogP contribution < -0.4 is 11.1 Å². The van der Waals surface area contributed by atoms with Crippen molar-refractivity contribution in [3.63, 3.8) is 0 Å². The van der Waals surface area contributed by atoms with Crippen LogP contribution in [-0.4, -0.2) is 24.2 Å². The van der Waals surface area contributed by atoms with E-state index in [-0.39, 0.29) is 11.9 Å². The number of hydrogen-bond donors (Lipinski definition) is 2. The van der Waals surface area contributed by atoms with Gasteiger partial charge in [-0.2, -0.15) is 0 Å². The fourth-order valence-electron chi connectivity index (χ4n) is 3.80. The summed E-state index contributed by atoms with van der Waals surface area (Å²) < 4.78 is 5.51. The van der Waals surface area contributed by atoms with Gasteiger partial charge < -0.3 is 15.5 Å². The van der Waals surface area contributed by atoms with E-state index in [1.807, 2.05) is 12.3 Å². The van der Waals surface area contributed by atoms with E-state index in [2.05, 4.69) is 5.32 Å². The van der Waals surface area contributed by atoms with Crippen LogP contribution in [0.1, 0.15) is 42.7 Å². The second kappa shape index (κ2) is 5.82. The highest BCUT2D eigenvalue weighted by Gasteiger charge is 2.40. The first-order chi connectivity index (χ1) is 9.67. The van der Waals surface area contributed by atoms with Gasteiger partial charge >= 0.3 is 0 Å². The van der Waals surface area contributed by atoms with Crippen LogP contribution >= 0.6 is 11.8 Å². The van der Waals surface area contributed by atoms with Crippen LogP contribution in [0.2, 0.25) is 0 Å². The molecule has 3 N–H and O–H groups in total. The maximum atomic E-state index is 12.3. The first-order valence-electron chi connectivity index (χ1n) is 7.37. The molecule has 2 atom stereocenters. The van der Waals surface area contributed by atoms with E-state index in [4.69, 9.17) is 10.2 Å². The summed E-state index contributed by atoms with van der Waals surface area (Å²) in [7, 11) is 0. The van der Waals surface area contributed by atoms with Gasteiger partial charge in [-0.25, -0.2) is 0 Å². The first kappa shape index (κ1) is 14.0. The molecule has 0 radical (unpaired) electrons. The predicted octanol–water partition coefficient (Wildman–Crippen LogP) is 2.64. The Hall–Kier alpha value is -0.940. The molecule has 2 unspecified atom stereocenters. The molecule has 2 aliphatic rings. The van der Waals surface area contributed by atoms with Crippen molar-refractivity contribution in [2.45, 2.75) is 49.3 Å². The highest BCUT2D eigenvalue weighted by atomic mass is 32.2. The summed E-state index contributed by atoms with van der Waals surface area (Å²) in [6, 6.07) is 4.19. The quantitative estimate of drug-likeness (QED) is 0.841. The number of thioether (sulfide) groups is 1. The lowest BCUT2D eigenvalue weighted by atomic mass is 9.67. The zero-order valence-electron chi connectivity index (χ0n) is 11.8. The van der Waals surface area contributed by atoms with Crippen LogP contribution in [0.25, 0.3) is 0 Å². The van der Waals surface area contributed by atoms with E-state index in [0.717, 1.165) is 17.9 Å². The third-order valence-corrected chi connectivity index (χ3v) is 5.30. The highest BCUT2D eigenvalue weighted by molar-refractivity contribution is 7.98. The summed E-state index contributed by atoms with van der Waals surface area (Å²) in [6.07, 6.45) is 7.65. The molecule has 4 nitrogen and oxygen atoms in total. The van der Waals surface area contributed by atoms with Crippen LogP contribution in [0.4, 0.5) is 0 Å². The lowest BCUT2D eigenvalue weighted by Gasteiger charge is -2.45. The van der Waals surface area contributed by atoms with Crippen molar-refractivity contribution >= 4 is 17.7 Å². The van der Waals surface area contributed by atoms with Crippen LogP contribution in [0, 0.1) is 11.8 Å². The van der Waals surface area contributed by atoms with Gasteiger partial charge in [0.05, 0.1) is 0 Å². The molecule has 0 aromatic carbocycles. The second-order valence-corrected chi connectivity index (χ2v) is 6.82. The molecule has 2 saturated carbocycles. The number of carbonyl (C=O) groups excluding carboxylic acids is 1. The van der Waals surface area contributed by atoms with Gasteiger partial charge in [0, 0.05) is 12.1 Å². The fourth-order valence-corrected chi connectivity index (χ4v) is 4.18. The Morgan fingerprint density at radius 1 is 1.35 bits per heavy atom. The molecule has 20 heavy (non-hydrogen) atoms. The molecule has 5 heteroatoms. The van der Waals surface area contributed by atoms with E-state index in [1.54, 1.807) is 6.07 Å². The summed E-state index contributed by atoms with van der Waals surface area (Å²) in [6.45, 7) is 0. The number of carbonyl (C=O) groups is 1. The summed E-state index contributed by atoms with van der Waals surface area (Å²) in [5, 5.41) is 3.98. The zero-order chi connectivity index (χ0) is 14.1.